The van der Waals surface area contributed by atoms with Crippen molar-refractivity contribution in [2.45, 2.75) is 103 Å². The molecule has 154 valence electrons. The molecule has 1 aliphatic carbocycles. The summed E-state index contributed by atoms with van der Waals surface area (Å²) in [5.41, 5.74) is 1.26. The summed E-state index contributed by atoms with van der Waals surface area (Å²) >= 11 is 0. The van der Waals surface area contributed by atoms with E-state index in [0.29, 0.717) is 12.0 Å². The van der Waals surface area contributed by atoms with Crippen molar-refractivity contribution in [1.82, 2.24) is 0 Å². The van der Waals surface area contributed by atoms with E-state index < -0.39 is 0 Å². The van der Waals surface area contributed by atoms with E-state index >= 15 is 0 Å². The molecule has 1 fully saturated rings. The predicted octanol–water partition coefficient (Wildman–Crippen LogP) is 7.31. The van der Waals surface area contributed by atoms with Gasteiger partial charge in [0.05, 0.1) is 19.3 Å². The van der Waals surface area contributed by atoms with Crippen molar-refractivity contribution in [2.24, 2.45) is 5.92 Å². The average Bonchev–Trinajstić information content (AvgIpc) is 3.14. The van der Waals surface area contributed by atoms with Crippen LogP contribution in [0.1, 0.15) is 96.0 Å². The zero-order valence-electron chi connectivity index (χ0n) is 17.7. The van der Waals surface area contributed by atoms with Crippen LogP contribution in [0.5, 0.6) is 0 Å². The molecule has 27 heavy (non-hydrogen) atoms. The second kappa shape index (κ2) is 15.1. The van der Waals surface area contributed by atoms with E-state index in [4.69, 9.17) is 9.47 Å². The average molecular weight is 375 g/mol. The van der Waals surface area contributed by atoms with E-state index in [1.54, 1.807) is 0 Å². The van der Waals surface area contributed by atoms with Crippen LogP contribution in [0.2, 0.25) is 0 Å². The zero-order valence-corrected chi connectivity index (χ0v) is 17.7. The van der Waals surface area contributed by atoms with Crippen LogP contribution in [0.3, 0.4) is 0 Å². The van der Waals surface area contributed by atoms with Crippen molar-refractivity contribution in [1.29, 1.82) is 0 Å². The van der Waals surface area contributed by atoms with Gasteiger partial charge in [-0.2, -0.15) is 0 Å². The molecule has 1 aromatic carbocycles. The topological polar surface area (TPSA) is 18.5 Å². The van der Waals surface area contributed by atoms with E-state index in [1.807, 2.05) is 0 Å². The van der Waals surface area contributed by atoms with Crippen molar-refractivity contribution in [3.8, 4) is 0 Å². The summed E-state index contributed by atoms with van der Waals surface area (Å²) in [4.78, 5) is 0. The smallest absolute Gasteiger partial charge is 0.0717 e. The molecule has 0 aliphatic heterocycles. The lowest BCUT2D eigenvalue weighted by Gasteiger charge is -2.20. The molecule has 0 aromatic heterocycles. The van der Waals surface area contributed by atoms with Crippen molar-refractivity contribution >= 4 is 0 Å². The molecular weight excluding hydrogens is 332 g/mol. The van der Waals surface area contributed by atoms with Gasteiger partial charge in [-0.1, -0.05) is 101 Å². The molecule has 2 atom stereocenters. The summed E-state index contributed by atoms with van der Waals surface area (Å²) in [5, 5.41) is 0. The van der Waals surface area contributed by atoms with Gasteiger partial charge in [-0.05, 0) is 24.8 Å². The molecule has 0 unspecified atom stereocenters. The minimum atomic E-state index is 0.430. The molecule has 1 saturated carbocycles. The molecule has 0 amide bonds. The number of benzene rings is 1. The largest absolute Gasteiger partial charge is 0.378 e. The van der Waals surface area contributed by atoms with Crippen molar-refractivity contribution in [2.75, 3.05) is 13.2 Å². The first-order valence-corrected chi connectivity index (χ1v) is 11.6. The quantitative estimate of drug-likeness (QED) is 0.282. The van der Waals surface area contributed by atoms with Gasteiger partial charge >= 0.3 is 0 Å². The molecule has 2 rings (SSSR count). The Balaban J connectivity index is 1.43. The minimum Gasteiger partial charge on any atom is -0.378 e. The fourth-order valence-electron chi connectivity index (χ4n) is 4.14. The second-order valence-electron chi connectivity index (χ2n) is 8.28. The Morgan fingerprint density at radius 1 is 0.815 bits per heavy atom. The lowest BCUT2D eigenvalue weighted by atomic mass is 10.1. The Labute approximate surface area is 168 Å². The monoisotopic (exact) mass is 374 g/mol. The van der Waals surface area contributed by atoms with Crippen LogP contribution < -0.4 is 0 Å². The SMILES string of the molecule is CCCCCCCCCCCCO[C@@H]1CCC[C@H]1COCc1ccccc1. The van der Waals surface area contributed by atoms with E-state index in [9.17, 15) is 0 Å². The Morgan fingerprint density at radius 3 is 2.19 bits per heavy atom. The second-order valence-corrected chi connectivity index (χ2v) is 8.28. The van der Waals surface area contributed by atoms with Gasteiger partial charge in [0.1, 0.15) is 0 Å². The number of hydrogen-bond acceptors (Lipinski definition) is 2. The van der Waals surface area contributed by atoms with Gasteiger partial charge in [0.25, 0.3) is 0 Å². The number of ether oxygens (including phenoxy) is 2. The van der Waals surface area contributed by atoms with Crippen LogP contribution in [0.4, 0.5) is 0 Å². The molecule has 2 heteroatoms. The Kier molecular flexibility index (Phi) is 12.6. The normalized spacial score (nSPS) is 19.6. The molecule has 1 aromatic rings. The number of rotatable bonds is 16. The maximum absolute atomic E-state index is 6.21. The Hall–Kier alpha value is -0.860. The molecule has 0 saturated heterocycles. The molecule has 2 nitrogen and oxygen atoms in total. The predicted molar refractivity (Wildman–Crippen MR) is 115 cm³/mol. The molecular formula is C25H42O2. The first-order chi connectivity index (χ1) is 13.4. The lowest BCUT2D eigenvalue weighted by Crippen LogP contribution is -2.23. The number of unbranched alkanes of at least 4 members (excludes halogenated alkanes) is 9. The summed E-state index contributed by atoms with van der Waals surface area (Å²) in [6, 6.07) is 10.5. The third kappa shape index (κ3) is 10.3. The lowest BCUT2D eigenvalue weighted by molar-refractivity contribution is -0.0119. The Bertz CT molecular complexity index is 445. The highest BCUT2D eigenvalue weighted by atomic mass is 16.5. The first kappa shape index (κ1) is 22.4. The van der Waals surface area contributed by atoms with E-state index in [2.05, 4.69) is 37.3 Å². The van der Waals surface area contributed by atoms with Crippen molar-refractivity contribution in [3.63, 3.8) is 0 Å². The minimum absolute atomic E-state index is 0.430. The summed E-state index contributed by atoms with van der Waals surface area (Å²) in [6.45, 7) is 4.80. The maximum atomic E-state index is 6.21. The highest BCUT2D eigenvalue weighted by Crippen LogP contribution is 2.29. The molecule has 0 N–H and O–H groups in total. The molecule has 1 aliphatic rings. The third-order valence-electron chi connectivity index (χ3n) is 5.86. The van der Waals surface area contributed by atoms with Crippen molar-refractivity contribution < 1.29 is 9.47 Å². The highest BCUT2D eigenvalue weighted by Gasteiger charge is 2.27. The van der Waals surface area contributed by atoms with Crippen LogP contribution in [0.15, 0.2) is 30.3 Å². The summed E-state index contributed by atoms with van der Waals surface area (Å²) in [6.07, 6.45) is 18.0. The third-order valence-corrected chi connectivity index (χ3v) is 5.86. The fourth-order valence-corrected chi connectivity index (χ4v) is 4.14. The molecule has 0 radical (unpaired) electrons. The van der Waals surface area contributed by atoms with Crippen molar-refractivity contribution in [3.05, 3.63) is 35.9 Å². The van der Waals surface area contributed by atoms with Crippen LogP contribution in [0.25, 0.3) is 0 Å². The van der Waals surface area contributed by atoms with Crippen LogP contribution in [-0.4, -0.2) is 19.3 Å². The van der Waals surface area contributed by atoms with Gasteiger partial charge < -0.3 is 9.47 Å². The van der Waals surface area contributed by atoms with E-state index in [-0.39, 0.29) is 0 Å². The maximum Gasteiger partial charge on any atom is 0.0717 e. The van der Waals surface area contributed by atoms with Gasteiger partial charge in [-0.3, -0.25) is 0 Å². The fraction of sp³-hybridized carbons (Fsp3) is 0.760. The van der Waals surface area contributed by atoms with Crippen LogP contribution in [0, 0.1) is 5.92 Å². The molecule has 0 spiro atoms. The summed E-state index contributed by atoms with van der Waals surface area (Å²) < 4.78 is 12.2. The standard InChI is InChI=1S/C25H42O2/c1-2-3-4-5-6-7-8-9-10-14-20-27-25-19-15-18-24(25)22-26-21-23-16-12-11-13-17-23/h11-13,16-17,24-25H,2-10,14-15,18-22H2,1H3/t24-,25+/m0/s1. The van der Waals surface area contributed by atoms with Gasteiger partial charge in [-0.15, -0.1) is 0 Å². The van der Waals surface area contributed by atoms with E-state index in [1.165, 1.54) is 89.0 Å². The molecule has 0 bridgehead atoms. The first-order valence-electron chi connectivity index (χ1n) is 11.6. The van der Waals surface area contributed by atoms with E-state index in [0.717, 1.165) is 19.8 Å². The van der Waals surface area contributed by atoms with Crippen LogP contribution in [-0.2, 0) is 16.1 Å². The highest BCUT2D eigenvalue weighted by molar-refractivity contribution is 5.13. The molecule has 0 heterocycles. The number of hydrogen-bond donors (Lipinski definition) is 0. The van der Waals surface area contributed by atoms with Gasteiger partial charge in [0, 0.05) is 12.5 Å². The van der Waals surface area contributed by atoms with Gasteiger partial charge in [0.15, 0.2) is 0 Å². The van der Waals surface area contributed by atoms with Gasteiger partial charge in [-0.25, -0.2) is 0 Å². The summed E-state index contributed by atoms with van der Waals surface area (Å²) in [5.74, 6) is 0.594. The Morgan fingerprint density at radius 2 is 1.48 bits per heavy atom. The zero-order chi connectivity index (χ0) is 19.0. The van der Waals surface area contributed by atoms with Gasteiger partial charge in [0.2, 0.25) is 0 Å². The summed E-state index contributed by atoms with van der Waals surface area (Å²) in [7, 11) is 0. The van der Waals surface area contributed by atoms with Crippen LogP contribution >= 0.6 is 0 Å².